The van der Waals surface area contributed by atoms with Gasteiger partial charge in [-0.2, -0.15) is 0 Å². The molecule has 3 nitrogen and oxygen atoms in total. The lowest BCUT2D eigenvalue weighted by Crippen LogP contribution is -2.25. The van der Waals surface area contributed by atoms with Crippen LogP contribution in [-0.2, 0) is 0 Å². The Bertz CT molecular complexity index is 380. The zero-order chi connectivity index (χ0) is 15.7. The summed E-state index contributed by atoms with van der Waals surface area (Å²) in [7, 11) is 3.46. The highest BCUT2D eigenvalue weighted by Crippen LogP contribution is 2.37. The molecule has 120 valence electrons. The van der Waals surface area contributed by atoms with Crippen LogP contribution >= 0.6 is 0 Å². The van der Waals surface area contributed by atoms with Crippen molar-refractivity contribution in [3.63, 3.8) is 0 Å². The average Bonchev–Trinajstić information content (AvgIpc) is 2.54. The Hall–Kier alpha value is -1.22. The van der Waals surface area contributed by atoms with Gasteiger partial charge in [0.2, 0.25) is 0 Å². The van der Waals surface area contributed by atoms with Crippen molar-refractivity contribution in [3.8, 4) is 11.5 Å². The van der Waals surface area contributed by atoms with Gasteiger partial charge in [0.1, 0.15) is 11.5 Å². The van der Waals surface area contributed by atoms with Crippen LogP contribution in [0, 0.1) is 5.92 Å². The summed E-state index contributed by atoms with van der Waals surface area (Å²) in [6, 6.07) is 6.30. The summed E-state index contributed by atoms with van der Waals surface area (Å²) in [6.45, 7) is 7.74. The fraction of sp³-hybridized carbons (Fsp3) is 0.667. The average molecular weight is 293 g/mol. The predicted octanol–water partition coefficient (Wildman–Crippen LogP) is 4.57. The van der Waals surface area contributed by atoms with Gasteiger partial charge in [-0.15, -0.1) is 0 Å². The molecular weight excluding hydrogens is 262 g/mol. The summed E-state index contributed by atoms with van der Waals surface area (Å²) in [4.78, 5) is 0. The smallest absolute Gasteiger partial charge is 0.127 e. The highest BCUT2D eigenvalue weighted by atomic mass is 16.5. The summed E-state index contributed by atoms with van der Waals surface area (Å²) in [5.41, 5.74) is 1.16. The zero-order valence-electron chi connectivity index (χ0n) is 14.2. The number of ether oxygens (including phenoxy) is 2. The fourth-order valence-corrected chi connectivity index (χ4v) is 2.80. The second kappa shape index (κ2) is 9.67. The second-order valence-electron chi connectivity index (χ2n) is 5.50. The molecule has 1 aromatic rings. The number of benzene rings is 1. The van der Waals surface area contributed by atoms with Crippen LogP contribution in [0.15, 0.2) is 18.2 Å². The lowest BCUT2D eigenvalue weighted by molar-refractivity contribution is 0.335. The Balaban J connectivity index is 3.11. The molecule has 1 atom stereocenters. The molecule has 0 aromatic heterocycles. The quantitative estimate of drug-likeness (QED) is 0.685. The van der Waals surface area contributed by atoms with Gasteiger partial charge in [-0.25, -0.2) is 0 Å². The molecule has 0 radical (unpaired) electrons. The van der Waals surface area contributed by atoms with Crippen LogP contribution in [-0.4, -0.2) is 20.8 Å². The van der Waals surface area contributed by atoms with Crippen LogP contribution in [0.1, 0.15) is 58.1 Å². The summed E-state index contributed by atoms with van der Waals surface area (Å²) in [5.74, 6) is 2.54. The van der Waals surface area contributed by atoms with E-state index in [0.717, 1.165) is 36.4 Å². The van der Waals surface area contributed by atoms with Gasteiger partial charge in [-0.1, -0.05) is 39.7 Å². The minimum atomic E-state index is 0.279. The largest absolute Gasteiger partial charge is 0.496 e. The molecule has 1 aromatic carbocycles. The molecule has 0 saturated carbocycles. The first-order chi connectivity index (χ1) is 10.2. The van der Waals surface area contributed by atoms with Crippen molar-refractivity contribution in [3.05, 3.63) is 23.8 Å². The molecule has 3 heteroatoms. The molecule has 0 spiro atoms. The van der Waals surface area contributed by atoms with Crippen LogP contribution < -0.4 is 14.8 Å². The molecule has 1 unspecified atom stereocenters. The van der Waals surface area contributed by atoms with Gasteiger partial charge in [-0.3, -0.25) is 0 Å². The molecule has 0 heterocycles. The van der Waals surface area contributed by atoms with Crippen molar-refractivity contribution in [2.45, 2.75) is 52.5 Å². The minimum absolute atomic E-state index is 0.279. The third kappa shape index (κ3) is 4.92. The van der Waals surface area contributed by atoms with E-state index in [1.165, 1.54) is 12.8 Å². The molecule has 0 saturated heterocycles. The van der Waals surface area contributed by atoms with Crippen molar-refractivity contribution in [2.75, 3.05) is 20.8 Å². The van der Waals surface area contributed by atoms with E-state index in [0.29, 0.717) is 5.92 Å². The van der Waals surface area contributed by atoms with Crippen LogP contribution in [0.25, 0.3) is 0 Å². The lowest BCUT2D eigenvalue weighted by Gasteiger charge is -2.26. The van der Waals surface area contributed by atoms with Gasteiger partial charge < -0.3 is 14.8 Å². The minimum Gasteiger partial charge on any atom is -0.496 e. The first-order valence-electron chi connectivity index (χ1n) is 8.15. The maximum Gasteiger partial charge on any atom is 0.127 e. The Labute approximate surface area is 130 Å². The molecule has 0 bridgehead atoms. The topological polar surface area (TPSA) is 30.5 Å². The van der Waals surface area contributed by atoms with Gasteiger partial charge in [0, 0.05) is 6.04 Å². The molecule has 0 amide bonds. The van der Waals surface area contributed by atoms with E-state index in [4.69, 9.17) is 9.47 Å². The standard InChI is InChI=1S/C18H31NO2/c1-6-12-19-15(13-14(7-2)8-3)18-16(20-4)10-9-11-17(18)21-5/h9-11,14-15,19H,6-8,12-13H2,1-5H3. The van der Waals surface area contributed by atoms with E-state index in [1.54, 1.807) is 14.2 Å². The van der Waals surface area contributed by atoms with Crippen molar-refractivity contribution in [2.24, 2.45) is 5.92 Å². The molecule has 1 N–H and O–H groups in total. The first-order valence-corrected chi connectivity index (χ1v) is 8.15. The first kappa shape index (κ1) is 17.8. The summed E-state index contributed by atoms with van der Waals surface area (Å²) in [6.07, 6.45) is 4.65. The Morgan fingerprint density at radius 1 is 1.00 bits per heavy atom. The molecule has 0 aliphatic rings. The zero-order valence-corrected chi connectivity index (χ0v) is 14.2. The second-order valence-corrected chi connectivity index (χ2v) is 5.50. The van der Waals surface area contributed by atoms with E-state index in [1.807, 2.05) is 18.2 Å². The van der Waals surface area contributed by atoms with Crippen molar-refractivity contribution >= 4 is 0 Å². The molecule has 21 heavy (non-hydrogen) atoms. The van der Waals surface area contributed by atoms with Gasteiger partial charge in [0.25, 0.3) is 0 Å². The Morgan fingerprint density at radius 2 is 1.57 bits per heavy atom. The third-order valence-electron chi connectivity index (χ3n) is 4.18. The van der Waals surface area contributed by atoms with E-state index in [9.17, 15) is 0 Å². The fourth-order valence-electron chi connectivity index (χ4n) is 2.80. The highest BCUT2D eigenvalue weighted by molar-refractivity contribution is 5.47. The van der Waals surface area contributed by atoms with E-state index < -0.39 is 0 Å². The molecular formula is C18H31NO2. The molecule has 0 aliphatic heterocycles. The van der Waals surface area contributed by atoms with Crippen LogP contribution in [0.3, 0.4) is 0 Å². The lowest BCUT2D eigenvalue weighted by atomic mass is 9.90. The number of hydrogen-bond donors (Lipinski definition) is 1. The summed E-state index contributed by atoms with van der Waals surface area (Å²) >= 11 is 0. The van der Waals surface area contributed by atoms with E-state index in [-0.39, 0.29) is 6.04 Å². The van der Waals surface area contributed by atoms with Crippen molar-refractivity contribution < 1.29 is 9.47 Å². The third-order valence-corrected chi connectivity index (χ3v) is 4.18. The number of rotatable bonds is 10. The normalized spacial score (nSPS) is 12.5. The Kier molecular flexibility index (Phi) is 8.21. The summed E-state index contributed by atoms with van der Waals surface area (Å²) < 4.78 is 11.2. The van der Waals surface area contributed by atoms with Crippen LogP contribution in [0.4, 0.5) is 0 Å². The molecule has 0 aliphatic carbocycles. The van der Waals surface area contributed by atoms with Crippen LogP contribution in [0.2, 0.25) is 0 Å². The molecule has 1 rings (SSSR count). The van der Waals surface area contributed by atoms with Crippen molar-refractivity contribution in [1.29, 1.82) is 0 Å². The Morgan fingerprint density at radius 3 is 2.00 bits per heavy atom. The monoisotopic (exact) mass is 293 g/mol. The van der Waals surface area contributed by atoms with E-state index in [2.05, 4.69) is 26.1 Å². The maximum absolute atomic E-state index is 5.58. The highest BCUT2D eigenvalue weighted by Gasteiger charge is 2.22. The predicted molar refractivity (Wildman–Crippen MR) is 89.3 cm³/mol. The SMILES string of the molecule is CCCNC(CC(CC)CC)c1c(OC)cccc1OC. The number of methoxy groups -OCH3 is 2. The number of nitrogens with one attached hydrogen (secondary N) is 1. The molecule has 0 fully saturated rings. The van der Waals surface area contributed by atoms with Gasteiger partial charge in [-0.05, 0) is 37.4 Å². The number of hydrogen-bond acceptors (Lipinski definition) is 3. The van der Waals surface area contributed by atoms with Crippen molar-refractivity contribution in [1.82, 2.24) is 5.32 Å². The maximum atomic E-state index is 5.58. The van der Waals surface area contributed by atoms with Gasteiger partial charge in [0.05, 0.1) is 19.8 Å². The van der Waals surface area contributed by atoms with E-state index >= 15 is 0 Å². The van der Waals surface area contributed by atoms with Gasteiger partial charge >= 0.3 is 0 Å². The van der Waals surface area contributed by atoms with Crippen LogP contribution in [0.5, 0.6) is 11.5 Å². The van der Waals surface area contributed by atoms with Gasteiger partial charge in [0.15, 0.2) is 0 Å². The summed E-state index contributed by atoms with van der Waals surface area (Å²) in [5, 5.41) is 3.67.